The largest absolute Gasteiger partial charge is 0.493 e. The number of rotatable bonds is 8. The first-order chi connectivity index (χ1) is 11.6. The molecule has 2 rings (SSSR count). The lowest BCUT2D eigenvalue weighted by Gasteiger charge is -2.16. The summed E-state index contributed by atoms with van der Waals surface area (Å²) in [5, 5.41) is 0. The van der Waals surface area contributed by atoms with Crippen molar-refractivity contribution in [3.05, 3.63) is 29.5 Å². The van der Waals surface area contributed by atoms with Gasteiger partial charge in [0, 0.05) is 24.8 Å². The Morgan fingerprint density at radius 3 is 2.46 bits per heavy atom. The molecule has 0 fully saturated rings. The van der Waals surface area contributed by atoms with Gasteiger partial charge in [-0.05, 0) is 24.6 Å². The fraction of sp³-hybridized carbons (Fsp3) is 0.375. The number of hydrogen-bond acceptors (Lipinski definition) is 8. The van der Waals surface area contributed by atoms with Crippen LogP contribution in [0.4, 0.5) is 11.8 Å². The summed E-state index contributed by atoms with van der Waals surface area (Å²) in [5.74, 6) is 2.06. The lowest BCUT2D eigenvalue weighted by molar-refractivity contribution is 0.0207. The zero-order chi connectivity index (χ0) is 17.5. The molecule has 0 amide bonds. The van der Waals surface area contributed by atoms with E-state index in [1.54, 1.807) is 20.4 Å². The Kier molecular flexibility index (Phi) is 6.02. The zero-order valence-electron chi connectivity index (χ0n) is 14.0. The topological polar surface area (TPSA) is 115 Å². The van der Waals surface area contributed by atoms with Gasteiger partial charge >= 0.3 is 0 Å². The Bertz CT molecular complexity index is 694. The van der Waals surface area contributed by atoms with E-state index in [1.807, 2.05) is 19.1 Å². The van der Waals surface area contributed by atoms with Gasteiger partial charge in [0.25, 0.3) is 0 Å². The van der Waals surface area contributed by atoms with Gasteiger partial charge < -0.3 is 30.4 Å². The third-order valence-electron chi connectivity index (χ3n) is 3.32. The average molecular weight is 334 g/mol. The standard InChI is InChI=1S/C16H22N4O4/c1-4-23-9-24-13-7-10(6-12(21-2)14(13)22-3)5-11-8-19-16(18)20-15(11)17/h6-8H,4-5,9H2,1-3H3,(H4,17,18,19,20). The first-order valence-electron chi connectivity index (χ1n) is 7.41. The fourth-order valence-electron chi connectivity index (χ4n) is 2.17. The molecule has 0 radical (unpaired) electrons. The van der Waals surface area contributed by atoms with Crippen molar-refractivity contribution >= 4 is 11.8 Å². The maximum atomic E-state index is 5.89. The first kappa shape index (κ1) is 17.6. The van der Waals surface area contributed by atoms with E-state index >= 15 is 0 Å². The van der Waals surface area contributed by atoms with E-state index in [9.17, 15) is 0 Å². The van der Waals surface area contributed by atoms with Gasteiger partial charge in [-0.1, -0.05) is 0 Å². The molecule has 2 aromatic rings. The molecule has 8 heteroatoms. The van der Waals surface area contributed by atoms with Crippen LogP contribution in [0, 0.1) is 0 Å². The van der Waals surface area contributed by atoms with Crippen molar-refractivity contribution in [1.82, 2.24) is 9.97 Å². The van der Waals surface area contributed by atoms with Crippen molar-refractivity contribution in [2.75, 3.05) is 39.1 Å². The number of nitrogens with two attached hydrogens (primary N) is 2. The Hall–Kier alpha value is -2.74. The van der Waals surface area contributed by atoms with Gasteiger partial charge in [0.05, 0.1) is 14.2 Å². The third-order valence-corrected chi connectivity index (χ3v) is 3.32. The Labute approximate surface area is 140 Å². The maximum Gasteiger partial charge on any atom is 0.221 e. The summed E-state index contributed by atoms with van der Waals surface area (Å²) in [6.45, 7) is 2.56. The molecular weight excluding hydrogens is 312 g/mol. The van der Waals surface area contributed by atoms with E-state index in [0.29, 0.717) is 36.1 Å². The first-order valence-corrected chi connectivity index (χ1v) is 7.41. The SMILES string of the molecule is CCOCOc1cc(Cc2cnc(N)nc2N)cc(OC)c1OC. The molecule has 0 saturated heterocycles. The van der Waals surface area contributed by atoms with Crippen LogP contribution in [0.15, 0.2) is 18.3 Å². The monoisotopic (exact) mass is 334 g/mol. The van der Waals surface area contributed by atoms with Crippen molar-refractivity contribution in [2.24, 2.45) is 0 Å². The molecule has 130 valence electrons. The van der Waals surface area contributed by atoms with E-state index in [2.05, 4.69) is 9.97 Å². The number of hydrogen-bond donors (Lipinski definition) is 2. The molecule has 0 bridgehead atoms. The highest BCUT2D eigenvalue weighted by Gasteiger charge is 2.15. The molecule has 0 saturated carbocycles. The van der Waals surface area contributed by atoms with Crippen LogP contribution in [0.1, 0.15) is 18.1 Å². The van der Waals surface area contributed by atoms with Crippen molar-refractivity contribution < 1.29 is 18.9 Å². The molecule has 0 atom stereocenters. The second-order valence-electron chi connectivity index (χ2n) is 4.90. The van der Waals surface area contributed by atoms with E-state index in [0.717, 1.165) is 11.1 Å². The number of nitrogens with zero attached hydrogens (tertiary/aromatic N) is 2. The lowest BCUT2D eigenvalue weighted by Crippen LogP contribution is -2.06. The van der Waals surface area contributed by atoms with Crippen molar-refractivity contribution in [1.29, 1.82) is 0 Å². The van der Waals surface area contributed by atoms with E-state index in [-0.39, 0.29) is 12.7 Å². The van der Waals surface area contributed by atoms with Crippen LogP contribution in [-0.2, 0) is 11.2 Å². The quantitative estimate of drug-likeness (QED) is 0.553. The Morgan fingerprint density at radius 1 is 1.08 bits per heavy atom. The van der Waals surface area contributed by atoms with Gasteiger partial charge in [-0.3, -0.25) is 0 Å². The molecule has 1 aromatic heterocycles. The summed E-state index contributed by atoms with van der Waals surface area (Å²) in [7, 11) is 3.12. The van der Waals surface area contributed by atoms with E-state index in [4.69, 9.17) is 30.4 Å². The molecular formula is C16H22N4O4. The number of anilines is 2. The van der Waals surface area contributed by atoms with Crippen molar-refractivity contribution in [2.45, 2.75) is 13.3 Å². The second-order valence-corrected chi connectivity index (χ2v) is 4.90. The number of aromatic nitrogens is 2. The summed E-state index contributed by atoms with van der Waals surface area (Å²) in [6, 6.07) is 3.69. The summed E-state index contributed by atoms with van der Waals surface area (Å²) in [6.07, 6.45) is 2.10. The predicted molar refractivity (Wildman–Crippen MR) is 90.3 cm³/mol. The maximum absolute atomic E-state index is 5.89. The third kappa shape index (κ3) is 4.17. The van der Waals surface area contributed by atoms with Crippen LogP contribution < -0.4 is 25.7 Å². The summed E-state index contributed by atoms with van der Waals surface area (Å²) in [5.41, 5.74) is 13.1. The number of nitrogen functional groups attached to an aromatic ring is 2. The smallest absolute Gasteiger partial charge is 0.221 e. The van der Waals surface area contributed by atoms with Crippen LogP contribution in [0.25, 0.3) is 0 Å². The van der Waals surface area contributed by atoms with Crippen molar-refractivity contribution in [3.63, 3.8) is 0 Å². The number of ether oxygens (including phenoxy) is 4. The molecule has 0 aliphatic rings. The van der Waals surface area contributed by atoms with Gasteiger partial charge in [-0.15, -0.1) is 0 Å². The van der Waals surface area contributed by atoms with Gasteiger partial charge in [0.15, 0.2) is 18.3 Å². The van der Waals surface area contributed by atoms with E-state index in [1.165, 1.54) is 0 Å². The van der Waals surface area contributed by atoms with Gasteiger partial charge in [-0.25, -0.2) is 4.98 Å². The number of methoxy groups -OCH3 is 2. The molecule has 0 spiro atoms. The molecule has 8 nitrogen and oxygen atoms in total. The summed E-state index contributed by atoms with van der Waals surface area (Å²) < 4.78 is 21.6. The van der Waals surface area contributed by atoms with Gasteiger partial charge in [-0.2, -0.15) is 4.98 Å². The van der Waals surface area contributed by atoms with E-state index < -0.39 is 0 Å². The minimum Gasteiger partial charge on any atom is -0.493 e. The van der Waals surface area contributed by atoms with Gasteiger partial charge in [0.2, 0.25) is 11.7 Å². The predicted octanol–water partition coefficient (Wildman–Crippen LogP) is 1.62. The highest BCUT2D eigenvalue weighted by atomic mass is 16.7. The zero-order valence-corrected chi connectivity index (χ0v) is 14.0. The molecule has 0 aliphatic carbocycles. The molecule has 0 unspecified atom stereocenters. The molecule has 24 heavy (non-hydrogen) atoms. The Balaban J connectivity index is 2.33. The minimum absolute atomic E-state index is 0.118. The van der Waals surface area contributed by atoms with Crippen molar-refractivity contribution in [3.8, 4) is 17.2 Å². The van der Waals surface area contributed by atoms with Crippen LogP contribution in [0.5, 0.6) is 17.2 Å². The van der Waals surface area contributed by atoms with Crippen LogP contribution in [0.2, 0.25) is 0 Å². The molecule has 1 heterocycles. The molecule has 0 aliphatic heterocycles. The lowest BCUT2D eigenvalue weighted by atomic mass is 10.1. The highest BCUT2D eigenvalue weighted by Crippen LogP contribution is 2.39. The highest BCUT2D eigenvalue weighted by molar-refractivity contribution is 5.55. The Morgan fingerprint density at radius 2 is 1.83 bits per heavy atom. The minimum atomic E-state index is 0.118. The summed E-state index contributed by atoms with van der Waals surface area (Å²) in [4.78, 5) is 7.94. The van der Waals surface area contributed by atoms with Crippen LogP contribution in [-0.4, -0.2) is 37.6 Å². The summed E-state index contributed by atoms with van der Waals surface area (Å²) >= 11 is 0. The van der Waals surface area contributed by atoms with Crippen LogP contribution >= 0.6 is 0 Å². The fourth-order valence-corrected chi connectivity index (χ4v) is 2.17. The van der Waals surface area contributed by atoms with Gasteiger partial charge in [0.1, 0.15) is 5.82 Å². The average Bonchev–Trinajstić information content (AvgIpc) is 2.57. The molecule has 4 N–H and O–H groups in total. The second kappa shape index (κ2) is 8.21. The van der Waals surface area contributed by atoms with Crippen LogP contribution in [0.3, 0.4) is 0 Å². The molecule has 1 aromatic carbocycles. The number of benzene rings is 1. The normalized spacial score (nSPS) is 10.5.